The molecule has 5 heteroatoms. The molecule has 0 saturated heterocycles. The molecule has 0 unspecified atom stereocenters. The molecule has 0 bridgehead atoms. The van der Waals surface area contributed by atoms with Gasteiger partial charge in [-0.2, -0.15) is 8.42 Å². The van der Waals surface area contributed by atoms with E-state index < -0.39 is 16.0 Å². The minimum absolute atomic E-state index is 0.216. The molecule has 61 valence electrons. The Morgan fingerprint density at radius 1 is 1.10 bits per heavy atom. The van der Waals surface area contributed by atoms with Crippen molar-refractivity contribution in [1.82, 2.24) is 0 Å². The fraction of sp³-hybridized carbons (Fsp3) is 1.00. The summed E-state index contributed by atoms with van der Waals surface area (Å²) >= 11 is 0. The van der Waals surface area contributed by atoms with Gasteiger partial charge in [0.05, 0.1) is 12.4 Å². The third-order valence-corrected chi connectivity index (χ3v) is 1.81. The van der Waals surface area contributed by atoms with Crippen molar-refractivity contribution in [1.29, 1.82) is 0 Å². The molecule has 3 nitrogen and oxygen atoms in total. The molecule has 0 aromatic heterocycles. The van der Waals surface area contributed by atoms with Crippen LogP contribution in [0.1, 0.15) is 19.3 Å². The normalized spacial score (nSPS) is 11.8. The SMILES string of the molecule is [O]CCCCCS(=O)(=O)F. The molecule has 0 aromatic carbocycles. The predicted molar refractivity (Wildman–Crippen MR) is 34.3 cm³/mol. The Balaban J connectivity index is 3.21. The quantitative estimate of drug-likeness (QED) is 0.453. The first-order chi connectivity index (χ1) is 4.56. The number of unbranched alkanes of at least 4 members (excludes halogenated alkanes) is 2. The Hall–Kier alpha value is -0.160. The molecule has 0 aromatic rings. The van der Waals surface area contributed by atoms with Crippen LogP contribution in [0.4, 0.5) is 3.89 Å². The smallest absolute Gasteiger partial charge is 0.237 e. The van der Waals surface area contributed by atoms with Gasteiger partial charge in [-0.3, -0.25) is 0 Å². The van der Waals surface area contributed by atoms with Crippen LogP contribution in [0.2, 0.25) is 0 Å². The highest BCUT2D eigenvalue weighted by atomic mass is 32.3. The average molecular weight is 169 g/mol. The van der Waals surface area contributed by atoms with Crippen molar-refractivity contribution in [2.75, 3.05) is 12.4 Å². The lowest BCUT2D eigenvalue weighted by Crippen LogP contribution is -1.98. The molecule has 0 rings (SSSR count). The molecule has 0 spiro atoms. The van der Waals surface area contributed by atoms with Crippen molar-refractivity contribution in [2.45, 2.75) is 19.3 Å². The van der Waals surface area contributed by atoms with Crippen molar-refractivity contribution >= 4 is 10.2 Å². The van der Waals surface area contributed by atoms with Gasteiger partial charge in [-0.1, -0.05) is 0 Å². The van der Waals surface area contributed by atoms with Gasteiger partial charge in [0.2, 0.25) is 0 Å². The molecular weight excluding hydrogens is 159 g/mol. The number of rotatable bonds is 5. The lowest BCUT2D eigenvalue weighted by atomic mass is 10.3. The molecule has 0 saturated carbocycles. The second kappa shape index (κ2) is 4.62. The molecule has 0 amide bonds. The van der Waals surface area contributed by atoms with E-state index in [0.717, 1.165) is 0 Å². The summed E-state index contributed by atoms with van der Waals surface area (Å²) in [4.78, 5) is 0. The van der Waals surface area contributed by atoms with Crippen LogP contribution in [0, 0.1) is 0 Å². The minimum Gasteiger partial charge on any atom is -0.237 e. The summed E-state index contributed by atoms with van der Waals surface area (Å²) in [5.74, 6) is -0.451. The Morgan fingerprint density at radius 2 is 1.70 bits per heavy atom. The number of hydrogen-bond acceptors (Lipinski definition) is 2. The van der Waals surface area contributed by atoms with Gasteiger partial charge >= 0.3 is 10.2 Å². The van der Waals surface area contributed by atoms with Gasteiger partial charge in [0.1, 0.15) is 0 Å². The first-order valence-corrected chi connectivity index (χ1v) is 4.62. The zero-order valence-electron chi connectivity index (χ0n) is 5.55. The molecule has 1 radical (unpaired) electrons. The minimum atomic E-state index is -4.31. The zero-order valence-corrected chi connectivity index (χ0v) is 6.36. The van der Waals surface area contributed by atoms with E-state index in [1.54, 1.807) is 0 Å². The number of halogens is 1. The summed E-state index contributed by atoms with van der Waals surface area (Å²) in [5, 5.41) is 9.81. The number of hydrogen-bond donors (Lipinski definition) is 0. The first kappa shape index (κ1) is 9.84. The van der Waals surface area contributed by atoms with E-state index in [4.69, 9.17) is 0 Å². The second-order valence-electron chi connectivity index (χ2n) is 2.01. The molecule has 0 aliphatic heterocycles. The monoisotopic (exact) mass is 169 g/mol. The van der Waals surface area contributed by atoms with Gasteiger partial charge in [0.15, 0.2) is 0 Å². The van der Waals surface area contributed by atoms with E-state index in [0.29, 0.717) is 12.8 Å². The third-order valence-electron chi connectivity index (χ3n) is 1.03. The lowest BCUT2D eigenvalue weighted by Gasteiger charge is -1.92. The predicted octanol–water partition coefficient (Wildman–Crippen LogP) is 0.887. The highest BCUT2D eigenvalue weighted by Gasteiger charge is 2.04. The van der Waals surface area contributed by atoms with Crippen LogP contribution < -0.4 is 0 Å². The molecular formula is C5H10FO3S. The van der Waals surface area contributed by atoms with Gasteiger partial charge < -0.3 is 0 Å². The molecule has 0 atom stereocenters. The Kier molecular flexibility index (Phi) is 4.55. The van der Waals surface area contributed by atoms with Crippen molar-refractivity contribution in [2.24, 2.45) is 0 Å². The Bertz CT molecular complexity index is 164. The van der Waals surface area contributed by atoms with Crippen LogP contribution in [0.3, 0.4) is 0 Å². The van der Waals surface area contributed by atoms with Crippen LogP contribution in [0.25, 0.3) is 0 Å². The largest absolute Gasteiger partial charge is 0.302 e. The topological polar surface area (TPSA) is 54.0 Å². The van der Waals surface area contributed by atoms with E-state index in [2.05, 4.69) is 0 Å². The molecule has 0 heterocycles. The van der Waals surface area contributed by atoms with E-state index in [1.165, 1.54) is 0 Å². The van der Waals surface area contributed by atoms with Crippen LogP contribution in [0.15, 0.2) is 0 Å². The Morgan fingerprint density at radius 3 is 2.10 bits per heavy atom. The molecule has 10 heavy (non-hydrogen) atoms. The summed E-state index contributed by atoms with van der Waals surface area (Å²) < 4.78 is 31.4. The van der Waals surface area contributed by atoms with Gasteiger partial charge in [-0.15, -0.1) is 3.89 Å². The molecule has 0 aliphatic rings. The summed E-state index contributed by atoms with van der Waals surface area (Å²) in [7, 11) is -4.31. The standard InChI is InChI=1S/C5H10FO3S/c6-10(8,9)5-3-1-2-4-7/h1-5H2. The maximum absolute atomic E-state index is 11.7. The van der Waals surface area contributed by atoms with Crippen molar-refractivity contribution in [3.05, 3.63) is 0 Å². The van der Waals surface area contributed by atoms with Gasteiger partial charge in [-0.05, 0) is 19.3 Å². The second-order valence-corrected chi connectivity index (χ2v) is 3.49. The molecule has 0 fully saturated rings. The van der Waals surface area contributed by atoms with E-state index >= 15 is 0 Å². The highest BCUT2D eigenvalue weighted by molar-refractivity contribution is 7.86. The summed E-state index contributed by atoms with van der Waals surface area (Å²) in [6.45, 7) is -0.216. The zero-order chi connectivity index (χ0) is 8.04. The maximum Gasteiger partial charge on any atom is 0.302 e. The van der Waals surface area contributed by atoms with Gasteiger partial charge in [0, 0.05) is 0 Å². The fourth-order valence-corrected chi connectivity index (χ4v) is 1.10. The van der Waals surface area contributed by atoms with Crippen LogP contribution in [-0.2, 0) is 15.3 Å². The van der Waals surface area contributed by atoms with Crippen molar-refractivity contribution in [3.63, 3.8) is 0 Å². The summed E-state index contributed by atoms with van der Waals surface area (Å²) in [6.07, 6.45) is 1.17. The third kappa shape index (κ3) is 7.84. The maximum atomic E-state index is 11.7. The Labute approximate surface area is 60.1 Å². The molecule has 0 N–H and O–H groups in total. The van der Waals surface area contributed by atoms with E-state index in [1.807, 2.05) is 0 Å². The molecule has 0 aliphatic carbocycles. The van der Waals surface area contributed by atoms with Crippen molar-refractivity contribution in [3.8, 4) is 0 Å². The van der Waals surface area contributed by atoms with E-state index in [9.17, 15) is 17.4 Å². The first-order valence-electron chi connectivity index (χ1n) is 3.06. The highest BCUT2D eigenvalue weighted by Crippen LogP contribution is 2.00. The lowest BCUT2D eigenvalue weighted by molar-refractivity contribution is 0.186. The van der Waals surface area contributed by atoms with Gasteiger partial charge in [-0.25, -0.2) is 5.11 Å². The summed E-state index contributed by atoms with van der Waals surface area (Å²) in [6, 6.07) is 0. The van der Waals surface area contributed by atoms with Crippen LogP contribution >= 0.6 is 0 Å². The van der Waals surface area contributed by atoms with E-state index in [-0.39, 0.29) is 13.0 Å². The van der Waals surface area contributed by atoms with Crippen LogP contribution in [-0.4, -0.2) is 20.8 Å². The summed E-state index contributed by atoms with van der Waals surface area (Å²) in [5.41, 5.74) is 0. The van der Waals surface area contributed by atoms with Crippen molar-refractivity contribution < 1.29 is 17.4 Å². The van der Waals surface area contributed by atoms with Gasteiger partial charge in [0.25, 0.3) is 0 Å². The van der Waals surface area contributed by atoms with Crippen LogP contribution in [0.5, 0.6) is 0 Å². The average Bonchev–Trinajstić information content (AvgIpc) is 1.78. The fourth-order valence-electron chi connectivity index (χ4n) is 0.553.